The van der Waals surface area contributed by atoms with E-state index in [1.807, 2.05) is 17.0 Å². The van der Waals surface area contributed by atoms with E-state index in [0.29, 0.717) is 6.54 Å². The van der Waals surface area contributed by atoms with Crippen molar-refractivity contribution in [3.05, 3.63) is 29.8 Å². The van der Waals surface area contributed by atoms with Crippen LogP contribution in [0.3, 0.4) is 0 Å². The number of hydrogen-bond acceptors (Lipinski definition) is 4. The maximum Gasteiger partial charge on any atom is 0.219 e. The van der Waals surface area contributed by atoms with Crippen LogP contribution in [-0.4, -0.2) is 86.5 Å². The third-order valence-electron chi connectivity index (χ3n) is 4.71. The average Bonchev–Trinajstić information content (AvgIpc) is 2.69. The summed E-state index contributed by atoms with van der Waals surface area (Å²) >= 11 is 0. The van der Waals surface area contributed by atoms with Crippen molar-refractivity contribution < 1.29 is 9.53 Å². The molecule has 1 aliphatic rings. The van der Waals surface area contributed by atoms with Gasteiger partial charge in [0.1, 0.15) is 5.75 Å². The summed E-state index contributed by atoms with van der Waals surface area (Å²) in [7, 11) is 4.14. The normalized spacial score (nSPS) is 15.1. The fraction of sp³-hybridized carbons (Fsp3) is 0.619. The highest BCUT2D eigenvalue weighted by atomic mass is 16.5. The molecule has 1 fully saturated rings. The van der Waals surface area contributed by atoms with Crippen LogP contribution in [0.5, 0.6) is 5.75 Å². The molecule has 0 radical (unpaired) electrons. The van der Waals surface area contributed by atoms with Crippen molar-refractivity contribution in [2.75, 3.05) is 60.0 Å². The molecule has 0 spiro atoms. The van der Waals surface area contributed by atoms with Gasteiger partial charge in [-0.15, -0.1) is 0 Å². The fourth-order valence-corrected chi connectivity index (χ4v) is 3.09. The summed E-state index contributed by atoms with van der Waals surface area (Å²) in [5, 5.41) is 3.37. The van der Waals surface area contributed by atoms with Gasteiger partial charge in [-0.05, 0) is 45.1 Å². The zero-order valence-electron chi connectivity index (χ0n) is 17.8. The molecule has 1 aliphatic heterocycles. The van der Waals surface area contributed by atoms with Gasteiger partial charge in [-0.25, -0.2) is 4.99 Å². The standard InChI is InChI=1S/C21H35N5O2/c1-5-22-21(26-14-12-25(13-15-26)18(2)27)23-17-19-7-9-20(10-8-19)28-16-6-11-24(3)4/h7-10H,5-6,11-17H2,1-4H3,(H,22,23). The average molecular weight is 390 g/mol. The van der Waals surface area contributed by atoms with Crippen molar-refractivity contribution in [2.45, 2.75) is 26.8 Å². The number of aliphatic imine (C=N–C) groups is 1. The lowest BCUT2D eigenvalue weighted by Crippen LogP contribution is -2.53. The van der Waals surface area contributed by atoms with Crippen LogP contribution in [-0.2, 0) is 11.3 Å². The topological polar surface area (TPSA) is 60.4 Å². The molecule has 7 nitrogen and oxygen atoms in total. The number of nitrogens with one attached hydrogen (secondary N) is 1. The van der Waals surface area contributed by atoms with E-state index in [1.54, 1.807) is 6.92 Å². The Morgan fingerprint density at radius 3 is 2.36 bits per heavy atom. The zero-order chi connectivity index (χ0) is 20.4. The van der Waals surface area contributed by atoms with Crippen LogP contribution in [0.1, 0.15) is 25.8 Å². The Morgan fingerprint density at radius 1 is 1.14 bits per heavy atom. The number of amides is 1. The van der Waals surface area contributed by atoms with Crippen molar-refractivity contribution in [1.29, 1.82) is 0 Å². The minimum Gasteiger partial charge on any atom is -0.494 e. The molecule has 1 aromatic rings. The summed E-state index contributed by atoms with van der Waals surface area (Å²) in [6.45, 7) is 10.0. The van der Waals surface area contributed by atoms with Crippen molar-refractivity contribution >= 4 is 11.9 Å². The van der Waals surface area contributed by atoms with Crippen LogP contribution in [0.25, 0.3) is 0 Å². The van der Waals surface area contributed by atoms with Crippen molar-refractivity contribution in [1.82, 2.24) is 20.0 Å². The fourth-order valence-electron chi connectivity index (χ4n) is 3.09. The molecular formula is C21H35N5O2. The van der Waals surface area contributed by atoms with Gasteiger partial charge in [-0.2, -0.15) is 0 Å². The van der Waals surface area contributed by atoms with Gasteiger partial charge in [-0.1, -0.05) is 12.1 Å². The Morgan fingerprint density at radius 2 is 1.79 bits per heavy atom. The molecule has 2 rings (SSSR count). The largest absolute Gasteiger partial charge is 0.494 e. The Bertz CT molecular complexity index is 622. The summed E-state index contributed by atoms with van der Waals surface area (Å²) in [5.74, 6) is 1.96. The molecule has 0 bridgehead atoms. The molecule has 156 valence electrons. The molecule has 1 aromatic carbocycles. The monoisotopic (exact) mass is 389 g/mol. The molecule has 0 atom stereocenters. The highest BCUT2D eigenvalue weighted by molar-refractivity contribution is 5.80. The maximum absolute atomic E-state index is 11.5. The molecule has 0 unspecified atom stereocenters. The van der Waals surface area contributed by atoms with E-state index in [2.05, 4.69) is 48.3 Å². The molecular weight excluding hydrogens is 354 g/mol. The smallest absolute Gasteiger partial charge is 0.219 e. The first-order valence-corrected chi connectivity index (χ1v) is 10.1. The van der Waals surface area contributed by atoms with E-state index in [-0.39, 0.29) is 5.91 Å². The molecule has 1 N–H and O–H groups in total. The number of hydrogen-bond donors (Lipinski definition) is 1. The number of ether oxygens (including phenoxy) is 1. The summed E-state index contributed by atoms with van der Waals surface area (Å²) in [6.07, 6.45) is 1.02. The number of guanidine groups is 1. The first kappa shape index (κ1) is 22.0. The van der Waals surface area contributed by atoms with Crippen LogP contribution >= 0.6 is 0 Å². The summed E-state index contributed by atoms with van der Waals surface area (Å²) in [5.41, 5.74) is 1.15. The first-order chi connectivity index (χ1) is 13.5. The number of piperazine rings is 1. The SMILES string of the molecule is CCNC(=NCc1ccc(OCCCN(C)C)cc1)N1CCN(C(C)=O)CC1. The van der Waals surface area contributed by atoms with Gasteiger partial charge >= 0.3 is 0 Å². The predicted octanol–water partition coefficient (Wildman–Crippen LogP) is 1.65. The number of carbonyl (C=O) groups is 1. The van der Waals surface area contributed by atoms with Gasteiger partial charge in [-0.3, -0.25) is 4.79 Å². The Kier molecular flexibility index (Phi) is 9.07. The quantitative estimate of drug-likeness (QED) is 0.416. The first-order valence-electron chi connectivity index (χ1n) is 10.1. The van der Waals surface area contributed by atoms with Crippen LogP contribution < -0.4 is 10.1 Å². The number of carbonyl (C=O) groups excluding carboxylic acids is 1. The summed E-state index contributed by atoms with van der Waals surface area (Å²) in [6, 6.07) is 8.17. The summed E-state index contributed by atoms with van der Waals surface area (Å²) in [4.78, 5) is 22.6. The molecule has 1 heterocycles. The van der Waals surface area contributed by atoms with E-state index >= 15 is 0 Å². The number of nitrogens with zero attached hydrogens (tertiary/aromatic N) is 4. The van der Waals surface area contributed by atoms with E-state index in [9.17, 15) is 4.79 Å². The highest BCUT2D eigenvalue weighted by Crippen LogP contribution is 2.13. The molecule has 0 saturated carbocycles. The predicted molar refractivity (Wildman–Crippen MR) is 114 cm³/mol. The van der Waals surface area contributed by atoms with Crippen LogP contribution in [0, 0.1) is 0 Å². The zero-order valence-corrected chi connectivity index (χ0v) is 17.8. The molecule has 7 heteroatoms. The summed E-state index contributed by atoms with van der Waals surface area (Å²) < 4.78 is 5.78. The Hall–Kier alpha value is -2.28. The highest BCUT2D eigenvalue weighted by Gasteiger charge is 2.20. The van der Waals surface area contributed by atoms with E-state index in [4.69, 9.17) is 9.73 Å². The third kappa shape index (κ3) is 7.38. The second-order valence-corrected chi connectivity index (χ2v) is 7.31. The molecule has 28 heavy (non-hydrogen) atoms. The van der Waals surface area contributed by atoms with Crippen molar-refractivity contribution in [3.8, 4) is 5.75 Å². The van der Waals surface area contributed by atoms with E-state index < -0.39 is 0 Å². The van der Waals surface area contributed by atoms with Crippen molar-refractivity contribution in [3.63, 3.8) is 0 Å². The van der Waals surface area contributed by atoms with E-state index in [0.717, 1.165) is 69.6 Å². The van der Waals surface area contributed by atoms with Gasteiger partial charge in [0.25, 0.3) is 0 Å². The molecule has 1 amide bonds. The minimum atomic E-state index is 0.144. The van der Waals surface area contributed by atoms with Crippen molar-refractivity contribution in [2.24, 2.45) is 4.99 Å². The van der Waals surface area contributed by atoms with Crippen LogP contribution in [0.15, 0.2) is 29.3 Å². The second kappa shape index (κ2) is 11.5. The van der Waals surface area contributed by atoms with Gasteiger partial charge < -0.3 is 24.8 Å². The van der Waals surface area contributed by atoms with Gasteiger partial charge in [0.05, 0.1) is 13.2 Å². The lowest BCUT2D eigenvalue weighted by molar-refractivity contribution is -0.130. The van der Waals surface area contributed by atoms with Gasteiger partial charge in [0.15, 0.2) is 5.96 Å². The van der Waals surface area contributed by atoms with Gasteiger partial charge in [0.2, 0.25) is 5.91 Å². The second-order valence-electron chi connectivity index (χ2n) is 7.31. The molecule has 0 aliphatic carbocycles. The van der Waals surface area contributed by atoms with Crippen LogP contribution in [0.2, 0.25) is 0 Å². The number of benzene rings is 1. The molecule has 0 aromatic heterocycles. The van der Waals surface area contributed by atoms with Gasteiger partial charge in [0, 0.05) is 46.2 Å². The maximum atomic E-state index is 11.5. The molecule has 1 saturated heterocycles. The lowest BCUT2D eigenvalue weighted by atomic mass is 10.2. The van der Waals surface area contributed by atoms with Crippen LogP contribution in [0.4, 0.5) is 0 Å². The lowest BCUT2D eigenvalue weighted by Gasteiger charge is -2.36. The Labute approximate surface area is 169 Å². The number of rotatable bonds is 8. The Balaban J connectivity index is 1.86. The minimum absolute atomic E-state index is 0.144. The van der Waals surface area contributed by atoms with E-state index in [1.165, 1.54) is 0 Å². The third-order valence-corrected chi connectivity index (χ3v) is 4.71.